The van der Waals surface area contributed by atoms with Gasteiger partial charge in [0.15, 0.2) is 0 Å². The van der Waals surface area contributed by atoms with Crippen molar-refractivity contribution in [3.05, 3.63) is 23.4 Å². The highest BCUT2D eigenvalue weighted by atomic mass is 19.4. The van der Waals surface area contributed by atoms with Gasteiger partial charge in [0.2, 0.25) is 0 Å². The third kappa shape index (κ3) is 3.23. The Hall–Kier alpha value is -1.30. The van der Waals surface area contributed by atoms with Gasteiger partial charge in [0, 0.05) is 26.2 Å². The monoisotopic (exact) mass is 287 g/mol. The molecule has 1 aromatic heterocycles. The molecule has 0 unspecified atom stereocenters. The lowest BCUT2D eigenvalue weighted by Gasteiger charge is -2.33. The smallest absolute Gasteiger partial charge is 0.354 e. The molecule has 1 aliphatic heterocycles. The molecule has 1 aliphatic rings. The molecule has 0 aliphatic carbocycles. The van der Waals surface area contributed by atoms with Crippen LogP contribution >= 0.6 is 0 Å². The first-order valence-electron chi connectivity index (χ1n) is 6.80. The van der Waals surface area contributed by atoms with Gasteiger partial charge in [0.1, 0.15) is 11.5 Å². The maximum Gasteiger partial charge on any atom is 0.433 e. The summed E-state index contributed by atoms with van der Waals surface area (Å²) in [7, 11) is 2.01. The second-order valence-corrected chi connectivity index (χ2v) is 5.55. The van der Waals surface area contributed by atoms with Gasteiger partial charge in [-0.15, -0.1) is 0 Å². The van der Waals surface area contributed by atoms with Crippen molar-refractivity contribution in [3.63, 3.8) is 0 Å². The van der Waals surface area contributed by atoms with E-state index in [1.54, 1.807) is 26.0 Å². The number of halogens is 3. The highest BCUT2D eigenvalue weighted by Gasteiger charge is 2.36. The van der Waals surface area contributed by atoms with E-state index >= 15 is 0 Å². The van der Waals surface area contributed by atoms with Crippen molar-refractivity contribution in [1.82, 2.24) is 9.88 Å². The minimum Gasteiger partial charge on any atom is -0.354 e. The van der Waals surface area contributed by atoms with Crippen LogP contribution in [0.15, 0.2) is 12.1 Å². The van der Waals surface area contributed by atoms with E-state index < -0.39 is 11.9 Å². The first kappa shape index (κ1) is 15.1. The van der Waals surface area contributed by atoms with Gasteiger partial charge in [-0.25, -0.2) is 4.98 Å². The predicted octanol–water partition coefficient (Wildman–Crippen LogP) is 2.98. The molecule has 112 valence electrons. The zero-order chi connectivity index (χ0) is 14.9. The van der Waals surface area contributed by atoms with Crippen LogP contribution < -0.4 is 4.90 Å². The maximum absolute atomic E-state index is 13.1. The lowest BCUT2D eigenvalue weighted by molar-refractivity contribution is -0.141. The Bertz CT molecular complexity index is 463. The highest BCUT2D eigenvalue weighted by molar-refractivity contribution is 5.44. The Balaban J connectivity index is 2.32. The van der Waals surface area contributed by atoms with Gasteiger partial charge in [-0.2, -0.15) is 13.2 Å². The Morgan fingerprint density at radius 1 is 1.10 bits per heavy atom. The first-order chi connectivity index (χ1) is 9.29. The Morgan fingerprint density at radius 3 is 2.20 bits per heavy atom. The minimum absolute atomic E-state index is 0.194. The Labute approximate surface area is 117 Å². The van der Waals surface area contributed by atoms with E-state index in [-0.39, 0.29) is 11.5 Å². The summed E-state index contributed by atoms with van der Waals surface area (Å²) in [6.07, 6.45) is -4.40. The van der Waals surface area contributed by atoms with Crippen LogP contribution in [0, 0.1) is 0 Å². The van der Waals surface area contributed by atoms with E-state index in [9.17, 15) is 13.2 Å². The first-order valence-corrected chi connectivity index (χ1v) is 6.80. The highest BCUT2D eigenvalue weighted by Crippen LogP contribution is 2.35. The molecule has 1 aromatic rings. The van der Waals surface area contributed by atoms with Crippen molar-refractivity contribution in [3.8, 4) is 0 Å². The summed E-state index contributed by atoms with van der Waals surface area (Å²) >= 11 is 0. The molecule has 0 aromatic carbocycles. The fraction of sp³-hybridized carbons (Fsp3) is 0.643. The number of anilines is 1. The molecule has 0 atom stereocenters. The van der Waals surface area contributed by atoms with E-state index in [1.165, 1.54) is 0 Å². The third-order valence-electron chi connectivity index (χ3n) is 3.63. The summed E-state index contributed by atoms with van der Waals surface area (Å²) in [5.74, 6) is 0.232. The minimum atomic E-state index is -4.40. The van der Waals surface area contributed by atoms with Crippen molar-refractivity contribution in [2.45, 2.75) is 25.9 Å². The quantitative estimate of drug-likeness (QED) is 0.833. The van der Waals surface area contributed by atoms with Gasteiger partial charge in [-0.3, -0.25) is 0 Å². The van der Waals surface area contributed by atoms with Gasteiger partial charge in [-0.05, 0) is 24.6 Å². The number of likely N-dealkylation sites (N-methyl/N-ethyl adjacent to an activating group) is 1. The van der Waals surface area contributed by atoms with E-state index in [2.05, 4.69) is 9.88 Å². The van der Waals surface area contributed by atoms with Crippen molar-refractivity contribution >= 4 is 5.82 Å². The lowest BCUT2D eigenvalue weighted by atomic mass is 10.0. The number of pyridine rings is 1. The normalized spacial score (nSPS) is 17.9. The molecule has 0 amide bonds. The van der Waals surface area contributed by atoms with E-state index in [1.807, 2.05) is 11.9 Å². The number of nitrogens with zero attached hydrogens (tertiary/aromatic N) is 3. The van der Waals surface area contributed by atoms with Crippen molar-refractivity contribution in [1.29, 1.82) is 0 Å². The topological polar surface area (TPSA) is 19.4 Å². The molecule has 0 saturated carbocycles. The standard InChI is InChI=1S/C14H20F3N3/c1-10(2)11-4-5-12(18-13(11)14(15,16)17)20-8-6-19(3)7-9-20/h4-5,10H,6-9H2,1-3H3. The summed E-state index contributed by atoms with van der Waals surface area (Å²) in [4.78, 5) is 7.97. The number of hydrogen-bond acceptors (Lipinski definition) is 3. The summed E-state index contributed by atoms with van der Waals surface area (Å²) in [5, 5.41) is 0. The van der Waals surface area contributed by atoms with Crippen LogP contribution in [0.3, 0.4) is 0 Å². The van der Waals surface area contributed by atoms with Crippen LogP contribution in [0.5, 0.6) is 0 Å². The summed E-state index contributed by atoms with van der Waals surface area (Å²) in [5.41, 5.74) is -0.487. The maximum atomic E-state index is 13.1. The largest absolute Gasteiger partial charge is 0.433 e. The van der Waals surface area contributed by atoms with Crippen molar-refractivity contribution in [2.24, 2.45) is 0 Å². The molecule has 0 spiro atoms. The number of alkyl halides is 3. The Kier molecular flexibility index (Phi) is 4.22. The molecule has 2 rings (SSSR count). The summed E-state index contributed by atoms with van der Waals surface area (Å²) in [6, 6.07) is 3.27. The van der Waals surface area contributed by atoms with Gasteiger partial charge < -0.3 is 9.80 Å². The SMILES string of the molecule is CC(C)c1ccc(N2CCN(C)CC2)nc1C(F)(F)F. The molecule has 6 heteroatoms. The van der Waals surface area contributed by atoms with Crippen LogP contribution in [0.1, 0.15) is 31.0 Å². The van der Waals surface area contributed by atoms with Gasteiger partial charge in [-0.1, -0.05) is 19.9 Å². The van der Waals surface area contributed by atoms with E-state index in [0.29, 0.717) is 18.9 Å². The zero-order valence-corrected chi connectivity index (χ0v) is 12.0. The summed E-state index contributed by atoms with van der Waals surface area (Å²) < 4.78 is 39.4. The molecule has 3 nitrogen and oxygen atoms in total. The molecule has 1 fully saturated rings. The average molecular weight is 287 g/mol. The van der Waals surface area contributed by atoms with Crippen LogP contribution in [0.4, 0.5) is 19.0 Å². The van der Waals surface area contributed by atoms with Crippen LogP contribution in [0.2, 0.25) is 0 Å². The fourth-order valence-electron chi connectivity index (χ4n) is 2.36. The molecule has 20 heavy (non-hydrogen) atoms. The van der Waals surface area contributed by atoms with Gasteiger partial charge >= 0.3 is 6.18 Å². The van der Waals surface area contributed by atoms with E-state index in [4.69, 9.17) is 0 Å². The number of aromatic nitrogens is 1. The molecule has 0 bridgehead atoms. The molecule has 1 saturated heterocycles. The average Bonchev–Trinajstić information content (AvgIpc) is 2.38. The van der Waals surface area contributed by atoms with Gasteiger partial charge in [0.25, 0.3) is 0 Å². The lowest BCUT2D eigenvalue weighted by Crippen LogP contribution is -2.45. The molecule has 0 N–H and O–H groups in total. The number of piperazine rings is 1. The second-order valence-electron chi connectivity index (χ2n) is 5.55. The molecule has 2 heterocycles. The molecule has 0 radical (unpaired) electrons. The number of hydrogen-bond donors (Lipinski definition) is 0. The van der Waals surface area contributed by atoms with Crippen molar-refractivity contribution < 1.29 is 13.2 Å². The zero-order valence-electron chi connectivity index (χ0n) is 12.0. The fourth-order valence-corrected chi connectivity index (χ4v) is 2.36. The number of rotatable bonds is 2. The van der Waals surface area contributed by atoms with Crippen LogP contribution in [0.25, 0.3) is 0 Å². The molecular weight excluding hydrogens is 267 g/mol. The van der Waals surface area contributed by atoms with Crippen molar-refractivity contribution in [2.75, 3.05) is 38.1 Å². The van der Waals surface area contributed by atoms with Crippen LogP contribution in [-0.2, 0) is 6.18 Å². The van der Waals surface area contributed by atoms with Crippen LogP contribution in [-0.4, -0.2) is 43.1 Å². The summed E-state index contributed by atoms with van der Waals surface area (Å²) in [6.45, 7) is 6.61. The Morgan fingerprint density at radius 2 is 1.70 bits per heavy atom. The third-order valence-corrected chi connectivity index (χ3v) is 3.63. The van der Waals surface area contributed by atoms with Gasteiger partial charge in [0.05, 0.1) is 0 Å². The van der Waals surface area contributed by atoms with E-state index in [0.717, 1.165) is 13.1 Å². The second kappa shape index (κ2) is 5.60. The molecular formula is C14H20F3N3. The predicted molar refractivity (Wildman–Crippen MR) is 73.0 cm³/mol.